The number of hydrogen-bond acceptors (Lipinski definition) is 4. The maximum atomic E-state index is 10.9. The highest BCUT2D eigenvalue weighted by molar-refractivity contribution is 5.66. The monoisotopic (exact) mass is 309 g/mol. The molecular weight excluding hydrogens is 286 g/mol. The van der Waals surface area contributed by atoms with Gasteiger partial charge in [-0.1, -0.05) is 31.2 Å². The molecular formula is C19H23N3O. The van der Waals surface area contributed by atoms with E-state index in [-0.39, 0.29) is 0 Å². The predicted octanol–water partition coefficient (Wildman–Crippen LogP) is 4.47. The van der Waals surface area contributed by atoms with Crippen molar-refractivity contribution in [3.05, 3.63) is 59.5 Å². The number of anilines is 2. The zero-order valence-electron chi connectivity index (χ0n) is 13.5. The Morgan fingerprint density at radius 1 is 1.09 bits per heavy atom. The summed E-state index contributed by atoms with van der Waals surface area (Å²) in [6.45, 7) is 5.46. The minimum absolute atomic E-state index is 0.472. The first-order valence-electron chi connectivity index (χ1n) is 8.24. The van der Waals surface area contributed by atoms with Crippen LogP contribution in [-0.4, -0.2) is 19.6 Å². The molecule has 0 amide bonds. The van der Waals surface area contributed by atoms with Crippen LogP contribution in [0.5, 0.6) is 0 Å². The van der Waals surface area contributed by atoms with Gasteiger partial charge in [0.2, 0.25) is 0 Å². The van der Waals surface area contributed by atoms with Crippen molar-refractivity contribution in [2.45, 2.75) is 13.3 Å². The number of nitrogens with one attached hydrogen (secondary N) is 1. The van der Waals surface area contributed by atoms with Gasteiger partial charge in [0.05, 0.1) is 0 Å². The van der Waals surface area contributed by atoms with Crippen molar-refractivity contribution in [2.75, 3.05) is 24.5 Å². The molecule has 4 nitrogen and oxygen atoms in total. The smallest absolute Gasteiger partial charge is 0.110 e. The molecule has 0 spiro atoms. The standard InChI is InChI=1S/C19H23N3O/c1-15-13-20-14-16(15)10-11-22(18-7-3-2-4-8-18)19-9-5-6-17(12-19)21-23/h2-9,12,15-16,20H,10-11,13-14H2,1H3. The first-order chi connectivity index (χ1) is 11.3. The lowest BCUT2D eigenvalue weighted by molar-refractivity contribution is 0.427. The van der Waals surface area contributed by atoms with E-state index >= 15 is 0 Å². The van der Waals surface area contributed by atoms with Gasteiger partial charge in [0, 0.05) is 17.9 Å². The molecule has 1 aliphatic rings. The molecule has 120 valence electrons. The summed E-state index contributed by atoms with van der Waals surface area (Å²) in [4.78, 5) is 13.1. The van der Waals surface area contributed by atoms with Gasteiger partial charge in [-0.25, -0.2) is 0 Å². The Kier molecular flexibility index (Phi) is 5.03. The van der Waals surface area contributed by atoms with E-state index < -0.39 is 0 Å². The van der Waals surface area contributed by atoms with E-state index in [1.54, 1.807) is 6.07 Å². The highest BCUT2D eigenvalue weighted by Crippen LogP contribution is 2.30. The number of benzene rings is 2. The molecule has 2 aromatic carbocycles. The Balaban J connectivity index is 1.83. The average molecular weight is 309 g/mol. The molecule has 1 saturated heterocycles. The summed E-state index contributed by atoms with van der Waals surface area (Å²) in [5.41, 5.74) is 2.64. The minimum atomic E-state index is 0.472. The highest BCUT2D eigenvalue weighted by atomic mass is 16.3. The van der Waals surface area contributed by atoms with Crippen LogP contribution in [0.1, 0.15) is 13.3 Å². The maximum absolute atomic E-state index is 10.9. The van der Waals surface area contributed by atoms with Gasteiger partial charge in [-0.3, -0.25) is 0 Å². The van der Waals surface area contributed by atoms with Gasteiger partial charge < -0.3 is 10.2 Å². The summed E-state index contributed by atoms with van der Waals surface area (Å²) in [5.74, 6) is 1.42. The van der Waals surface area contributed by atoms with E-state index in [1.165, 1.54) is 0 Å². The van der Waals surface area contributed by atoms with Crippen molar-refractivity contribution in [1.82, 2.24) is 5.32 Å². The van der Waals surface area contributed by atoms with E-state index in [0.29, 0.717) is 11.6 Å². The molecule has 1 N–H and O–H groups in total. The van der Waals surface area contributed by atoms with Gasteiger partial charge in [0.25, 0.3) is 0 Å². The Morgan fingerprint density at radius 3 is 2.57 bits per heavy atom. The van der Waals surface area contributed by atoms with Gasteiger partial charge in [-0.05, 0) is 66.9 Å². The molecule has 0 radical (unpaired) electrons. The third-order valence-electron chi connectivity index (χ3n) is 4.72. The minimum Gasteiger partial charge on any atom is -0.341 e. The van der Waals surface area contributed by atoms with Crippen molar-refractivity contribution in [3.8, 4) is 0 Å². The van der Waals surface area contributed by atoms with E-state index in [9.17, 15) is 4.91 Å². The third-order valence-corrected chi connectivity index (χ3v) is 4.72. The quantitative estimate of drug-likeness (QED) is 0.801. The lowest BCUT2D eigenvalue weighted by Crippen LogP contribution is -2.23. The van der Waals surface area contributed by atoms with Crippen LogP contribution < -0.4 is 10.2 Å². The molecule has 1 fully saturated rings. The fraction of sp³-hybridized carbons (Fsp3) is 0.368. The zero-order chi connectivity index (χ0) is 16.1. The van der Waals surface area contributed by atoms with Gasteiger partial charge >= 0.3 is 0 Å². The van der Waals surface area contributed by atoms with Crippen LogP contribution in [0.3, 0.4) is 0 Å². The summed E-state index contributed by atoms with van der Waals surface area (Å²) in [5, 5.41) is 6.54. The maximum Gasteiger partial charge on any atom is 0.110 e. The molecule has 2 unspecified atom stereocenters. The molecule has 2 aromatic rings. The second-order valence-corrected chi connectivity index (χ2v) is 6.28. The largest absolute Gasteiger partial charge is 0.341 e. The van der Waals surface area contributed by atoms with Crippen LogP contribution in [0.25, 0.3) is 0 Å². The number of nitrogens with zero attached hydrogens (tertiary/aromatic N) is 2. The van der Waals surface area contributed by atoms with Gasteiger partial charge in [0.15, 0.2) is 0 Å². The van der Waals surface area contributed by atoms with Crippen LogP contribution in [-0.2, 0) is 0 Å². The van der Waals surface area contributed by atoms with E-state index in [0.717, 1.165) is 43.3 Å². The first-order valence-corrected chi connectivity index (χ1v) is 8.24. The van der Waals surface area contributed by atoms with Crippen molar-refractivity contribution in [2.24, 2.45) is 17.0 Å². The van der Waals surface area contributed by atoms with Gasteiger partial charge in [0.1, 0.15) is 5.69 Å². The normalized spacial score (nSPS) is 20.4. The molecule has 0 aliphatic carbocycles. The zero-order valence-corrected chi connectivity index (χ0v) is 13.5. The molecule has 23 heavy (non-hydrogen) atoms. The lowest BCUT2D eigenvalue weighted by Gasteiger charge is -2.27. The van der Waals surface area contributed by atoms with Crippen LogP contribution in [0.2, 0.25) is 0 Å². The number of hydrogen-bond donors (Lipinski definition) is 1. The third kappa shape index (κ3) is 3.77. The first kappa shape index (κ1) is 15.7. The summed E-state index contributed by atoms with van der Waals surface area (Å²) < 4.78 is 0. The van der Waals surface area contributed by atoms with Crippen molar-refractivity contribution in [3.63, 3.8) is 0 Å². The van der Waals surface area contributed by atoms with Gasteiger partial charge in [-0.2, -0.15) is 0 Å². The summed E-state index contributed by atoms with van der Waals surface area (Å²) in [7, 11) is 0. The Bertz CT molecular complexity index is 644. The van der Waals surface area contributed by atoms with Crippen LogP contribution in [0.4, 0.5) is 17.1 Å². The van der Waals surface area contributed by atoms with Crippen molar-refractivity contribution >= 4 is 17.1 Å². The Hall–Kier alpha value is -2.20. The fourth-order valence-electron chi connectivity index (χ4n) is 3.28. The molecule has 0 saturated carbocycles. The molecule has 2 atom stereocenters. The lowest BCUT2D eigenvalue weighted by atomic mass is 9.94. The molecule has 1 heterocycles. The molecule has 4 heteroatoms. The van der Waals surface area contributed by atoms with Gasteiger partial charge in [-0.15, -0.1) is 4.91 Å². The summed E-state index contributed by atoms with van der Waals surface area (Å²) >= 11 is 0. The van der Waals surface area contributed by atoms with Crippen LogP contribution in [0, 0.1) is 16.7 Å². The molecule has 3 rings (SSSR count). The van der Waals surface area contributed by atoms with E-state index in [4.69, 9.17) is 0 Å². The fourth-order valence-corrected chi connectivity index (χ4v) is 3.28. The number of para-hydroxylation sites is 1. The molecule has 0 aromatic heterocycles. The summed E-state index contributed by atoms with van der Waals surface area (Å²) in [6, 6.07) is 17.9. The molecule has 0 bridgehead atoms. The SMILES string of the molecule is CC1CNCC1CCN(c1ccccc1)c1cccc(N=O)c1. The summed E-state index contributed by atoms with van der Waals surface area (Å²) in [6.07, 6.45) is 1.13. The average Bonchev–Trinajstić information content (AvgIpc) is 3.01. The van der Waals surface area contributed by atoms with Crippen molar-refractivity contribution < 1.29 is 0 Å². The number of rotatable bonds is 6. The van der Waals surface area contributed by atoms with Crippen molar-refractivity contribution in [1.29, 1.82) is 0 Å². The van der Waals surface area contributed by atoms with Crippen LogP contribution >= 0.6 is 0 Å². The predicted molar refractivity (Wildman–Crippen MR) is 95.5 cm³/mol. The van der Waals surface area contributed by atoms with Crippen LogP contribution in [0.15, 0.2) is 59.8 Å². The van der Waals surface area contributed by atoms with E-state index in [2.05, 4.69) is 34.5 Å². The number of nitroso groups, excluding NO2 is 1. The second-order valence-electron chi connectivity index (χ2n) is 6.28. The Morgan fingerprint density at radius 2 is 1.87 bits per heavy atom. The molecule has 1 aliphatic heterocycles. The topological polar surface area (TPSA) is 44.7 Å². The highest BCUT2D eigenvalue weighted by Gasteiger charge is 2.23. The Labute approximate surface area is 137 Å². The second kappa shape index (κ2) is 7.38. The van der Waals surface area contributed by atoms with E-state index in [1.807, 2.05) is 36.4 Å².